The van der Waals surface area contributed by atoms with Crippen LogP contribution in [0.4, 0.5) is 0 Å². The van der Waals surface area contributed by atoms with Crippen molar-refractivity contribution in [2.24, 2.45) is 11.8 Å². The van der Waals surface area contributed by atoms with Gasteiger partial charge in [-0.25, -0.2) is 0 Å². The van der Waals surface area contributed by atoms with E-state index in [4.69, 9.17) is 9.84 Å². The number of nitrogens with zero attached hydrogens (tertiary/aromatic N) is 1. The summed E-state index contributed by atoms with van der Waals surface area (Å²) >= 11 is 0. The monoisotopic (exact) mass is 333 g/mol. The van der Waals surface area contributed by atoms with Gasteiger partial charge in [-0.3, -0.25) is 9.59 Å². The van der Waals surface area contributed by atoms with Crippen molar-refractivity contribution in [2.75, 3.05) is 26.2 Å². The van der Waals surface area contributed by atoms with Crippen LogP contribution >= 0.6 is 0 Å². The van der Waals surface area contributed by atoms with Crippen LogP contribution in [0.5, 0.6) is 5.75 Å². The van der Waals surface area contributed by atoms with Gasteiger partial charge in [0.15, 0.2) is 5.78 Å². The number of likely N-dealkylation sites (tertiary alicyclic amines) is 1. The van der Waals surface area contributed by atoms with Gasteiger partial charge in [0, 0.05) is 25.1 Å². The molecule has 2 rings (SSSR count). The van der Waals surface area contributed by atoms with Gasteiger partial charge in [0.1, 0.15) is 5.75 Å². The van der Waals surface area contributed by atoms with Crippen molar-refractivity contribution in [1.82, 2.24) is 4.90 Å². The van der Waals surface area contributed by atoms with Crippen LogP contribution in [-0.4, -0.2) is 48.0 Å². The van der Waals surface area contributed by atoms with Crippen molar-refractivity contribution >= 4 is 11.8 Å². The van der Waals surface area contributed by atoms with E-state index in [1.54, 1.807) is 12.1 Å². The summed E-state index contributed by atoms with van der Waals surface area (Å²) in [5, 5.41) is 9.11. The first kappa shape index (κ1) is 18.5. The molecule has 24 heavy (non-hydrogen) atoms. The minimum Gasteiger partial charge on any atom is -0.493 e. The molecule has 0 aliphatic carbocycles. The number of ketones is 1. The second-order valence-corrected chi connectivity index (χ2v) is 6.88. The maximum absolute atomic E-state index is 12.3. The van der Waals surface area contributed by atoms with Gasteiger partial charge in [-0.15, -0.1) is 0 Å². The molecule has 1 aliphatic heterocycles. The van der Waals surface area contributed by atoms with E-state index in [1.807, 2.05) is 12.1 Å². The Balaban J connectivity index is 1.80. The number of aliphatic carboxylic acids is 1. The van der Waals surface area contributed by atoms with Gasteiger partial charge in [0.05, 0.1) is 12.5 Å². The van der Waals surface area contributed by atoms with E-state index in [0.717, 1.165) is 25.1 Å². The minimum absolute atomic E-state index is 0.0860. The van der Waals surface area contributed by atoms with Crippen LogP contribution in [0.2, 0.25) is 0 Å². The van der Waals surface area contributed by atoms with Gasteiger partial charge >= 0.3 is 5.97 Å². The number of benzene rings is 1. The third kappa shape index (κ3) is 5.64. The van der Waals surface area contributed by atoms with Crippen molar-refractivity contribution < 1.29 is 19.4 Å². The number of carboxylic acid groups (broad SMARTS) is 1. The third-order valence-electron chi connectivity index (χ3n) is 4.27. The highest BCUT2D eigenvalue weighted by Gasteiger charge is 2.25. The molecule has 1 saturated heterocycles. The molecule has 0 spiro atoms. The molecule has 1 heterocycles. The van der Waals surface area contributed by atoms with Gasteiger partial charge < -0.3 is 14.7 Å². The number of hydrogen-bond donors (Lipinski definition) is 1. The summed E-state index contributed by atoms with van der Waals surface area (Å²) in [6.07, 6.45) is 2.03. The Kier molecular flexibility index (Phi) is 6.79. The van der Waals surface area contributed by atoms with Crippen molar-refractivity contribution in [3.63, 3.8) is 0 Å². The predicted molar refractivity (Wildman–Crippen MR) is 92.5 cm³/mol. The molecule has 1 aliphatic rings. The normalized spacial score (nSPS) is 18.5. The van der Waals surface area contributed by atoms with E-state index in [9.17, 15) is 9.59 Å². The number of carbonyl (C=O) groups is 2. The zero-order valence-corrected chi connectivity index (χ0v) is 14.5. The number of carboxylic acids is 1. The average Bonchev–Trinajstić information content (AvgIpc) is 2.58. The van der Waals surface area contributed by atoms with Crippen molar-refractivity contribution in [3.8, 4) is 5.75 Å². The topological polar surface area (TPSA) is 66.8 Å². The van der Waals surface area contributed by atoms with Crippen LogP contribution in [-0.2, 0) is 4.79 Å². The van der Waals surface area contributed by atoms with Crippen LogP contribution in [0, 0.1) is 11.8 Å². The summed E-state index contributed by atoms with van der Waals surface area (Å²) in [7, 11) is 0. The van der Waals surface area contributed by atoms with E-state index in [0.29, 0.717) is 37.6 Å². The second kappa shape index (κ2) is 8.83. The number of hydrogen-bond acceptors (Lipinski definition) is 4. The molecular weight excluding hydrogens is 306 g/mol. The first-order chi connectivity index (χ1) is 11.5. The summed E-state index contributed by atoms with van der Waals surface area (Å²) in [6.45, 7) is 6.88. The van der Waals surface area contributed by atoms with Crippen molar-refractivity contribution in [3.05, 3.63) is 29.8 Å². The molecule has 0 saturated carbocycles. The van der Waals surface area contributed by atoms with Gasteiger partial charge in [-0.1, -0.05) is 13.8 Å². The van der Waals surface area contributed by atoms with Crippen LogP contribution in [0.3, 0.4) is 0 Å². The molecule has 0 amide bonds. The Morgan fingerprint density at radius 3 is 2.62 bits per heavy atom. The standard InChI is InChI=1S/C19H27NO4/c1-14(2)13-24-17-7-5-15(6-8-17)18(21)9-11-20-10-3-4-16(12-20)19(22)23/h5-8,14,16H,3-4,9-13H2,1-2H3,(H,22,23). The smallest absolute Gasteiger partial charge is 0.307 e. The van der Waals surface area contributed by atoms with E-state index < -0.39 is 5.97 Å². The summed E-state index contributed by atoms with van der Waals surface area (Å²) in [5.74, 6) is 0.295. The summed E-state index contributed by atoms with van der Waals surface area (Å²) in [6, 6.07) is 7.26. The first-order valence-corrected chi connectivity index (χ1v) is 8.67. The van der Waals surface area contributed by atoms with E-state index in [-0.39, 0.29) is 11.7 Å². The number of rotatable bonds is 8. The fourth-order valence-electron chi connectivity index (χ4n) is 2.86. The zero-order valence-electron chi connectivity index (χ0n) is 14.5. The largest absolute Gasteiger partial charge is 0.493 e. The number of piperidine rings is 1. The van der Waals surface area contributed by atoms with Crippen molar-refractivity contribution in [2.45, 2.75) is 33.1 Å². The van der Waals surface area contributed by atoms with Crippen LogP contribution < -0.4 is 4.74 Å². The summed E-state index contributed by atoms with van der Waals surface area (Å²) in [4.78, 5) is 25.5. The molecule has 1 atom stereocenters. The fraction of sp³-hybridized carbons (Fsp3) is 0.579. The highest BCUT2D eigenvalue weighted by atomic mass is 16.5. The first-order valence-electron chi connectivity index (χ1n) is 8.67. The molecule has 1 unspecified atom stereocenters. The van der Waals surface area contributed by atoms with E-state index in [1.165, 1.54) is 0 Å². The van der Waals surface area contributed by atoms with Gasteiger partial charge in [-0.05, 0) is 49.6 Å². The average molecular weight is 333 g/mol. The molecule has 1 aromatic carbocycles. The molecular formula is C19H27NO4. The summed E-state index contributed by atoms with van der Waals surface area (Å²) in [5.41, 5.74) is 0.679. The van der Waals surface area contributed by atoms with Crippen LogP contribution in [0.15, 0.2) is 24.3 Å². The lowest BCUT2D eigenvalue weighted by atomic mass is 9.98. The molecule has 0 bridgehead atoms. The molecule has 5 nitrogen and oxygen atoms in total. The molecule has 1 fully saturated rings. The Morgan fingerprint density at radius 2 is 2.00 bits per heavy atom. The maximum atomic E-state index is 12.3. The Hall–Kier alpha value is -1.88. The van der Waals surface area contributed by atoms with Crippen molar-refractivity contribution in [1.29, 1.82) is 0 Å². The quantitative estimate of drug-likeness (QED) is 0.741. The Morgan fingerprint density at radius 1 is 1.29 bits per heavy atom. The molecule has 1 N–H and O–H groups in total. The predicted octanol–water partition coefficient (Wildman–Crippen LogP) is 3.09. The number of ether oxygens (including phenoxy) is 1. The van der Waals surface area contributed by atoms with E-state index in [2.05, 4.69) is 18.7 Å². The number of Topliss-reactive ketones (excluding diaryl/α,β-unsaturated/α-hetero) is 1. The molecule has 132 valence electrons. The zero-order chi connectivity index (χ0) is 17.5. The molecule has 0 radical (unpaired) electrons. The highest BCUT2D eigenvalue weighted by Crippen LogP contribution is 2.18. The van der Waals surface area contributed by atoms with Crippen LogP contribution in [0.25, 0.3) is 0 Å². The third-order valence-corrected chi connectivity index (χ3v) is 4.27. The lowest BCUT2D eigenvalue weighted by Gasteiger charge is -2.30. The highest BCUT2D eigenvalue weighted by molar-refractivity contribution is 5.96. The molecule has 1 aromatic rings. The van der Waals surface area contributed by atoms with Gasteiger partial charge in [-0.2, -0.15) is 0 Å². The maximum Gasteiger partial charge on any atom is 0.307 e. The van der Waals surface area contributed by atoms with Gasteiger partial charge in [0.2, 0.25) is 0 Å². The Labute approximate surface area is 143 Å². The summed E-state index contributed by atoms with van der Waals surface area (Å²) < 4.78 is 5.62. The molecule has 0 aromatic heterocycles. The molecule has 5 heteroatoms. The Bertz CT molecular complexity index is 553. The van der Waals surface area contributed by atoms with Crippen LogP contribution in [0.1, 0.15) is 43.5 Å². The number of carbonyl (C=O) groups excluding carboxylic acids is 1. The lowest BCUT2D eigenvalue weighted by Crippen LogP contribution is -2.39. The second-order valence-electron chi connectivity index (χ2n) is 6.88. The fourth-order valence-corrected chi connectivity index (χ4v) is 2.86. The van der Waals surface area contributed by atoms with E-state index >= 15 is 0 Å². The minimum atomic E-state index is -0.733. The lowest BCUT2D eigenvalue weighted by molar-refractivity contribution is -0.143. The SMILES string of the molecule is CC(C)COc1ccc(C(=O)CCN2CCCC(C(=O)O)C2)cc1. The van der Waals surface area contributed by atoms with Gasteiger partial charge in [0.25, 0.3) is 0 Å².